The average Bonchev–Trinajstić information content (AvgIpc) is 2.73. The molecule has 2 aromatic rings. The van der Waals surface area contributed by atoms with Crippen LogP contribution in [0.25, 0.3) is 10.8 Å². The minimum absolute atomic E-state index is 1.19. The van der Waals surface area contributed by atoms with Gasteiger partial charge in [-0.05, 0) is 18.2 Å². The van der Waals surface area contributed by atoms with Crippen molar-refractivity contribution in [2.45, 2.75) is 45.4 Å². The Labute approximate surface area is 97.9 Å². The summed E-state index contributed by atoms with van der Waals surface area (Å²) in [7, 11) is 0. The molecule has 0 fully saturated rings. The molecule has 86 valence electrons. The zero-order chi connectivity index (χ0) is 11.2. The van der Waals surface area contributed by atoms with Gasteiger partial charge in [-0.25, -0.2) is 0 Å². The fourth-order valence-electron chi connectivity index (χ4n) is 2.25. The second-order valence-corrected chi connectivity index (χ2v) is 4.52. The van der Waals surface area contributed by atoms with Gasteiger partial charge in [0.15, 0.2) is 0 Å². The summed E-state index contributed by atoms with van der Waals surface area (Å²) in [6, 6.07) is 8.61. The summed E-state index contributed by atoms with van der Waals surface area (Å²) in [6.45, 7) is 2.26. The van der Waals surface area contributed by atoms with E-state index in [2.05, 4.69) is 42.4 Å². The summed E-state index contributed by atoms with van der Waals surface area (Å²) in [5.41, 5.74) is 1.41. The topological polar surface area (TPSA) is 15.8 Å². The third-order valence-corrected chi connectivity index (χ3v) is 3.22. The van der Waals surface area contributed by atoms with Crippen molar-refractivity contribution in [3.05, 3.63) is 36.2 Å². The maximum Gasteiger partial charge on any atom is 0.0226 e. The van der Waals surface area contributed by atoms with E-state index >= 15 is 0 Å². The van der Waals surface area contributed by atoms with Crippen LogP contribution >= 0.6 is 0 Å². The molecule has 0 aliphatic rings. The molecule has 1 N–H and O–H groups in total. The highest BCUT2D eigenvalue weighted by Crippen LogP contribution is 2.19. The van der Waals surface area contributed by atoms with E-state index in [9.17, 15) is 0 Å². The number of rotatable bonds is 6. The molecule has 1 aromatic heterocycles. The van der Waals surface area contributed by atoms with Gasteiger partial charge in [-0.2, -0.15) is 0 Å². The number of aromatic amines is 1. The van der Waals surface area contributed by atoms with E-state index in [4.69, 9.17) is 0 Å². The van der Waals surface area contributed by atoms with Crippen molar-refractivity contribution in [1.82, 2.24) is 4.98 Å². The monoisotopic (exact) mass is 215 g/mol. The molecule has 0 saturated carbocycles. The van der Waals surface area contributed by atoms with Gasteiger partial charge in [0.05, 0.1) is 0 Å². The highest BCUT2D eigenvalue weighted by Gasteiger charge is 2.01. The van der Waals surface area contributed by atoms with E-state index in [1.165, 1.54) is 55.0 Å². The zero-order valence-electron chi connectivity index (χ0n) is 10.1. The first kappa shape index (κ1) is 11.3. The van der Waals surface area contributed by atoms with Gasteiger partial charge in [0, 0.05) is 17.3 Å². The molecule has 1 nitrogen and oxygen atoms in total. The number of unbranched alkanes of at least 4 members (excludes halogenated alkanes) is 4. The van der Waals surface area contributed by atoms with Crippen LogP contribution in [-0.4, -0.2) is 4.98 Å². The first-order valence-electron chi connectivity index (χ1n) is 6.47. The van der Waals surface area contributed by atoms with Gasteiger partial charge in [0.1, 0.15) is 0 Å². The van der Waals surface area contributed by atoms with Crippen LogP contribution in [0.15, 0.2) is 30.5 Å². The summed E-state index contributed by atoms with van der Waals surface area (Å²) in [5, 5.41) is 2.74. The highest BCUT2D eigenvalue weighted by molar-refractivity contribution is 5.85. The lowest BCUT2D eigenvalue weighted by Gasteiger charge is -2.00. The Morgan fingerprint density at radius 1 is 1.00 bits per heavy atom. The number of aromatic nitrogens is 1. The smallest absolute Gasteiger partial charge is 0.0226 e. The fraction of sp³-hybridized carbons (Fsp3) is 0.467. The van der Waals surface area contributed by atoms with Gasteiger partial charge in [-0.1, -0.05) is 56.9 Å². The number of nitrogens with one attached hydrogen (secondary N) is 1. The number of benzene rings is 1. The van der Waals surface area contributed by atoms with E-state index < -0.39 is 0 Å². The number of hydrogen-bond acceptors (Lipinski definition) is 0. The minimum atomic E-state index is 1.19. The first-order valence-corrected chi connectivity index (χ1v) is 6.47. The number of hydrogen-bond donors (Lipinski definition) is 1. The molecule has 1 heterocycles. The average molecular weight is 215 g/mol. The Bertz CT molecular complexity index is 428. The number of H-pyrrole nitrogens is 1. The molecule has 1 aromatic carbocycles. The Kier molecular flexibility index (Phi) is 4.03. The minimum Gasteiger partial charge on any atom is -0.364 e. The lowest BCUT2D eigenvalue weighted by molar-refractivity contribution is 0.630. The Balaban J connectivity index is 1.89. The SMILES string of the molecule is CCCCCCCc1[nH]cc2ccccc12. The molecule has 0 bridgehead atoms. The van der Waals surface area contributed by atoms with Gasteiger partial charge in [0.25, 0.3) is 0 Å². The number of aryl methyl sites for hydroxylation is 1. The van der Waals surface area contributed by atoms with Crippen molar-refractivity contribution in [2.24, 2.45) is 0 Å². The van der Waals surface area contributed by atoms with Crippen molar-refractivity contribution >= 4 is 10.8 Å². The first-order chi connectivity index (χ1) is 7.92. The lowest BCUT2D eigenvalue weighted by Crippen LogP contribution is -1.86. The largest absolute Gasteiger partial charge is 0.364 e. The third kappa shape index (κ3) is 2.66. The molecule has 0 spiro atoms. The lowest BCUT2D eigenvalue weighted by atomic mass is 10.1. The van der Waals surface area contributed by atoms with Crippen LogP contribution in [-0.2, 0) is 6.42 Å². The van der Waals surface area contributed by atoms with Gasteiger partial charge in [-0.15, -0.1) is 0 Å². The Morgan fingerprint density at radius 3 is 2.69 bits per heavy atom. The quantitative estimate of drug-likeness (QED) is 0.673. The van der Waals surface area contributed by atoms with Crippen LogP contribution in [0.1, 0.15) is 44.7 Å². The second kappa shape index (κ2) is 5.74. The molecule has 0 saturated heterocycles. The van der Waals surface area contributed by atoms with Gasteiger partial charge >= 0.3 is 0 Å². The molecule has 0 amide bonds. The standard InChI is InChI=1S/C15H21N/c1-2-3-4-5-6-11-15-14-10-8-7-9-13(14)12-16-15/h7-10,12,16H,2-6,11H2,1H3. The molecule has 0 unspecified atom stereocenters. The fourth-order valence-corrected chi connectivity index (χ4v) is 2.25. The zero-order valence-corrected chi connectivity index (χ0v) is 10.1. The van der Waals surface area contributed by atoms with Crippen LogP contribution < -0.4 is 0 Å². The Hall–Kier alpha value is -1.24. The highest BCUT2D eigenvalue weighted by atomic mass is 14.7. The predicted molar refractivity (Wildman–Crippen MR) is 70.8 cm³/mol. The third-order valence-electron chi connectivity index (χ3n) is 3.22. The van der Waals surface area contributed by atoms with Crippen LogP contribution in [0.4, 0.5) is 0 Å². The maximum absolute atomic E-state index is 3.40. The van der Waals surface area contributed by atoms with E-state index in [0.717, 1.165) is 0 Å². The van der Waals surface area contributed by atoms with E-state index in [0.29, 0.717) is 0 Å². The normalized spacial score (nSPS) is 11.1. The summed E-state index contributed by atoms with van der Waals surface area (Å²) in [5.74, 6) is 0. The van der Waals surface area contributed by atoms with Crippen molar-refractivity contribution < 1.29 is 0 Å². The molecular weight excluding hydrogens is 194 g/mol. The van der Waals surface area contributed by atoms with E-state index in [1.54, 1.807) is 0 Å². The van der Waals surface area contributed by atoms with Crippen LogP contribution in [0.3, 0.4) is 0 Å². The molecule has 0 aliphatic carbocycles. The summed E-state index contributed by atoms with van der Waals surface area (Å²) in [4.78, 5) is 3.40. The second-order valence-electron chi connectivity index (χ2n) is 4.52. The Morgan fingerprint density at radius 2 is 1.81 bits per heavy atom. The van der Waals surface area contributed by atoms with Crippen molar-refractivity contribution in [1.29, 1.82) is 0 Å². The van der Waals surface area contributed by atoms with Gasteiger partial charge < -0.3 is 4.98 Å². The molecular formula is C15H21N. The molecule has 0 atom stereocenters. The molecule has 1 heteroatoms. The molecule has 0 radical (unpaired) electrons. The molecule has 0 aliphatic heterocycles. The summed E-state index contributed by atoms with van der Waals surface area (Å²) >= 11 is 0. The van der Waals surface area contributed by atoms with Crippen LogP contribution in [0.2, 0.25) is 0 Å². The van der Waals surface area contributed by atoms with Crippen molar-refractivity contribution in [3.8, 4) is 0 Å². The summed E-state index contributed by atoms with van der Waals surface area (Å²) < 4.78 is 0. The van der Waals surface area contributed by atoms with E-state index in [1.807, 2.05) is 0 Å². The van der Waals surface area contributed by atoms with Gasteiger partial charge in [-0.3, -0.25) is 0 Å². The summed E-state index contributed by atoms with van der Waals surface area (Å²) in [6.07, 6.45) is 10.1. The van der Waals surface area contributed by atoms with E-state index in [-0.39, 0.29) is 0 Å². The van der Waals surface area contributed by atoms with Gasteiger partial charge in [0.2, 0.25) is 0 Å². The number of fused-ring (bicyclic) bond motifs is 1. The molecule has 16 heavy (non-hydrogen) atoms. The maximum atomic E-state index is 3.40. The van der Waals surface area contributed by atoms with Crippen molar-refractivity contribution in [2.75, 3.05) is 0 Å². The predicted octanol–water partition coefficient (Wildman–Crippen LogP) is 4.68. The van der Waals surface area contributed by atoms with Crippen LogP contribution in [0, 0.1) is 0 Å². The van der Waals surface area contributed by atoms with Crippen LogP contribution in [0.5, 0.6) is 0 Å². The molecule has 2 rings (SSSR count). The van der Waals surface area contributed by atoms with Crippen molar-refractivity contribution in [3.63, 3.8) is 0 Å².